The van der Waals surface area contributed by atoms with Crippen molar-refractivity contribution in [3.63, 3.8) is 0 Å². The molecule has 7 nitrogen and oxygen atoms in total. The molecule has 1 saturated heterocycles. The number of carbonyl (C=O) groups is 2. The molecule has 1 fully saturated rings. The van der Waals surface area contributed by atoms with E-state index in [9.17, 15) is 14.7 Å². The van der Waals surface area contributed by atoms with Gasteiger partial charge in [-0.25, -0.2) is 0 Å². The molecular formula is C32H34N2O5. The first kappa shape index (κ1) is 26.5. The number of likely N-dealkylation sites (tertiary alicyclic amines) is 1. The first-order chi connectivity index (χ1) is 18.8. The third-order valence-corrected chi connectivity index (χ3v) is 7.14. The second-order valence-corrected chi connectivity index (χ2v) is 10.5. The maximum atomic E-state index is 13.4. The van der Waals surface area contributed by atoms with Crippen molar-refractivity contribution in [2.45, 2.75) is 38.5 Å². The highest BCUT2D eigenvalue weighted by atomic mass is 16.5. The van der Waals surface area contributed by atoms with Crippen LogP contribution in [0.15, 0.2) is 78.4 Å². The van der Waals surface area contributed by atoms with Crippen LogP contribution in [0.3, 0.4) is 0 Å². The number of carbonyl (C=O) groups excluding carboxylic acids is 2. The number of ketones is 1. The number of amides is 1. The minimum atomic E-state index is -0.726. The van der Waals surface area contributed by atoms with Crippen LogP contribution in [-0.4, -0.2) is 59.9 Å². The van der Waals surface area contributed by atoms with Crippen LogP contribution in [0.5, 0.6) is 11.5 Å². The molecular weight excluding hydrogens is 492 g/mol. The molecule has 2 atom stereocenters. The van der Waals surface area contributed by atoms with Crippen LogP contribution < -0.4 is 9.47 Å². The van der Waals surface area contributed by atoms with Gasteiger partial charge < -0.3 is 24.4 Å². The van der Waals surface area contributed by atoms with Gasteiger partial charge in [0.25, 0.3) is 11.7 Å². The second kappa shape index (κ2) is 11.3. The Balaban J connectivity index is 1.52. The molecule has 0 saturated carbocycles. The van der Waals surface area contributed by atoms with Gasteiger partial charge in [0.1, 0.15) is 30.0 Å². The van der Waals surface area contributed by atoms with Crippen LogP contribution in [0.1, 0.15) is 41.6 Å². The number of nitrogens with zero attached hydrogens (tertiary/aromatic N) is 2. The molecule has 2 heterocycles. The van der Waals surface area contributed by atoms with Gasteiger partial charge in [0.15, 0.2) is 0 Å². The Morgan fingerprint density at radius 3 is 2.62 bits per heavy atom. The monoisotopic (exact) mass is 526 g/mol. The van der Waals surface area contributed by atoms with Gasteiger partial charge in [0, 0.05) is 18.5 Å². The minimum absolute atomic E-state index is 0.0540. The summed E-state index contributed by atoms with van der Waals surface area (Å²) in [6, 6.07) is 22.0. The van der Waals surface area contributed by atoms with E-state index in [-0.39, 0.29) is 17.4 Å². The zero-order chi connectivity index (χ0) is 27.5. The molecule has 0 aliphatic carbocycles. The van der Waals surface area contributed by atoms with E-state index in [1.807, 2.05) is 92.6 Å². The Labute approximate surface area is 229 Å². The third-order valence-electron chi connectivity index (χ3n) is 7.14. The number of rotatable bonds is 9. The topological polar surface area (TPSA) is 79.3 Å². The molecule has 202 valence electrons. The number of fused-ring (bicyclic) bond motifs is 1. The summed E-state index contributed by atoms with van der Waals surface area (Å²) >= 11 is 0. The Morgan fingerprint density at radius 1 is 1.05 bits per heavy atom. The fraction of sp³-hybridized carbons (Fsp3) is 0.312. The average molecular weight is 527 g/mol. The highest BCUT2D eigenvalue weighted by molar-refractivity contribution is 6.46. The maximum Gasteiger partial charge on any atom is 0.295 e. The Morgan fingerprint density at radius 2 is 1.85 bits per heavy atom. The van der Waals surface area contributed by atoms with E-state index in [0.717, 1.165) is 29.8 Å². The van der Waals surface area contributed by atoms with E-state index in [1.165, 1.54) is 0 Å². The summed E-state index contributed by atoms with van der Waals surface area (Å²) in [5, 5.41) is 11.5. The lowest BCUT2D eigenvalue weighted by molar-refractivity contribution is -0.139. The van der Waals surface area contributed by atoms with Crippen LogP contribution in [0.4, 0.5) is 0 Å². The Kier molecular flexibility index (Phi) is 7.70. The number of aliphatic hydroxyl groups excluding tert-OH is 1. The van der Waals surface area contributed by atoms with Gasteiger partial charge in [-0.15, -0.1) is 0 Å². The van der Waals surface area contributed by atoms with Crippen molar-refractivity contribution in [1.82, 2.24) is 9.80 Å². The molecule has 5 rings (SSSR count). The van der Waals surface area contributed by atoms with Crippen molar-refractivity contribution < 1.29 is 24.2 Å². The van der Waals surface area contributed by atoms with Crippen LogP contribution in [-0.2, 0) is 22.6 Å². The van der Waals surface area contributed by atoms with Gasteiger partial charge in [0.2, 0.25) is 0 Å². The second-order valence-electron chi connectivity index (χ2n) is 10.5. The van der Waals surface area contributed by atoms with Gasteiger partial charge >= 0.3 is 0 Å². The van der Waals surface area contributed by atoms with Crippen molar-refractivity contribution in [3.05, 3.63) is 101 Å². The molecule has 2 aliphatic heterocycles. The molecule has 7 heteroatoms. The summed E-state index contributed by atoms with van der Waals surface area (Å²) in [6.07, 6.45) is 1.47. The van der Waals surface area contributed by atoms with E-state index in [2.05, 4.69) is 0 Å². The van der Waals surface area contributed by atoms with Crippen LogP contribution in [0.2, 0.25) is 0 Å². The van der Waals surface area contributed by atoms with E-state index >= 15 is 0 Å². The van der Waals surface area contributed by atoms with E-state index < -0.39 is 17.7 Å². The lowest BCUT2D eigenvalue weighted by Crippen LogP contribution is -2.32. The predicted molar refractivity (Wildman–Crippen MR) is 150 cm³/mol. The van der Waals surface area contributed by atoms with Crippen molar-refractivity contribution in [1.29, 1.82) is 0 Å². The zero-order valence-electron chi connectivity index (χ0n) is 22.6. The van der Waals surface area contributed by atoms with E-state index in [4.69, 9.17) is 9.47 Å². The fourth-order valence-corrected chi connectivity index (χ4v) is 5.25. The van der Waals surface area contributed by atoms with Gasteiger partial charge in [-0.3, -0.25) is 9.59 Å². The number of aliphatic hydroxyl groups is 1. The molecule has 2 aliphatic rings. The van der Waals surface area contributed by atoms with Crippen LogP contribution in [0, 0.1) is 0 Å². The summed E-state index contributed by atoms with van der Waals surface area (Å²) in [7, 11) is 3.94. The van der Waals surface area contributed by atoms with E-state index in [1.54, 1.807) is 11.0 Å². The number of ether oxygens (including phenoxy) is 2. The summed E-state index contributed by atoms with van der Waals surface area (Å²) in [6.45, 7) is 3.53. The van der Waals surface area contributed by atoms with Crippen molar-refractivity contribution in [3.8, 4) is 11.5 Å². The fourth-order valence-electron chi connectivity index (χ4n) is 5.25. The van der Waals surface area contributed by atoms with Crippen molar-refractivity contribution in [2.75, 3.05) is 27.2 Å². The predicted octanol–water partition coefficient (Wildman–Crippen LogP) is 4.96. The highest BCUT2D eigenvalue weighted by Crippen LogP contribution is 2.41. The zero-order valence-corrected chi connectivity index (χ0v) is 22.6. The molecule has 39 heavy (non-hydrogen) atoms. The molecule has 0 spiro atoms. The SMILES string of the molecule is C[C@H]1Cc2cc(C(O)=C3C(=O)C(=O)N(CCCN(C)C)[C@@H]3c3cccc(OCc4ccccc4)c3)ccc2O1. The van der Waals surface area contributed by atoms with Crippen molar-refractivity contribution >= 4 is 17.4 Å². The number of hydrogen-bond acceptors (Lipinski definition) is 6. The molecule has 0 aromatic heterocycles. The summed E-state index contributed by atoms with van der Waals surface area (Å²) in [4.78, 5) is 30.3. The van der Waals surface area contributed by atoms with Crippen LogP contribution in [0.25, 0.3) is 5.76 Å². The van der Waals surface area contributed by atoms with Gasteiger partial charge in [-0.1, -0.05) is 42.5 Å². The molecule has 1 amide bonds. The lowest BCUT2D eigenvalue weighted by Gasteiger charge is -2.26. The lowest BCUT2D eigenvalue weighted by atomic mass is 9.94. The van der Waals surface area contributed by atoms with E-state index in [0.29, 0.717) is 36.4 Å². The molecule has 0 bridgehead atoms. The largest absolute Gasteiger partial charge is 0.507 e. The Bertz CT molecular complexity index is 1400. The molecule has 3 aromatic rings. The first-order valence-electron chi connectivity index (χ1n) is 13.3. The maximum absolute atomic E-state index is 13.4. The third kappa shape index (κ3) is 5.68. The first-order valence-corrected chi connectivity index (χ1v) is 13.3. The minimum Gasteiger partial charge on any atom is -0.507 e. The van der Waals surface area contributed by atoms with Gasteiger partial charge in [-0.05, 0) is 81.0 Å². The van der Waals surface area contributed by atoms with Gasteiger partial charge in [0.05, 0.1) is 11.6 Å². The summed E-state index contributed by atoms with van der Waals surface area (Å²) < 4.78 is 11.8. The molecule has 0 radical (unpaired) electrons. The summed E-state index contributed by atoms with van der Waals surface area (Å²) in [5.41, 5.74) is 3.31. The van der Waals surface area contributed by atoms with Crippen LogP contribution >= 0.6 is 0 Å². The van der Waals surface area contributed by atoms with Gasteiger partial charge in [-0.2, -0.15) is 0 Å². The Hall–Kier alpha value is -4.10. The highest BCUT2D eigenvalue weighted by Gasteiger charge is 2.46. The number of benzene rings is 3. The number of Topliss-reactive ketones (excluding diaryl/α,β-unsaturated/α-hetero) is 1. The van der Waals surface area contributed by atoms with Crippen molar-refractivity contribution in [2.24, 2.45) is 0 Å². The molecule has 0 unspecified atom stereocenters. The average Bonchev–Trinajstić information content (AvgIpc) is 3.43. The standard InChI is InChI=1S/C32H34N2O5/c1-21-17-25-18-24(13-14-27(25)39-21)30(35)28-29(34(32(37)31(28)36)16-8-15-33(2)3)23-11-7-12-26(19-23)38-20-22-9-5-4-6-10-22/h4-7,9-14,18-19,21,29,35H,8,15-17,20H2,1-3H3/t21-,29+/m0/s1. The summed E-state index contributed by atoms with van der Waals surface area (Å²) in [5.74, 6) is -0.0505. The quantitative estimate of drug-likeness (QED) is 0.241. The molecule has 3 aromatic carbocycles. The smallest absolute Gasteiger partial charge is 0.295 e. The number of hydrogen-bond donors (Lipinski definition) is 1. The normalized spacial score (nSPS) is 19.8. The molecule has 1 N–H and O–H groups in total.